The molecule has 0 fully saturated rings. The smallest absolute Gasteiger partial charge is 0.263 e. The summed E-state index contributed by atoms with van der Waals surface area (Å²) in [6.07, 6.45) is 6.02. The fourth-order valence-corrected chi connectivity index (χ4v) is 3.70. The minimum atomic E-state index is -0.0834. The Kier molecular flexibility index (Phi) is 4.64. The number of hydrogen-bond donors (Lipinski definition) is 1. The molecule has 1 amide bonds. The van der Waals surface area contributed by atoms with E-state index >= 15 is 0 Å². The first-order chi connectivity index (χ1) is 13.1. The van der Waals surface area contributed by atoms with E-state index in [1.807, 2.05) is 44.3 Å². The molecule has 4 aromatic rings. The van der Waals surface area contributed by atoms with Gasteiger partial charge in [0.25, 0.3) is 5.91 Å². The van der Waals surface area contributed by atoms with Gasteiger partial charge in [-0.15, -0.1) is 11.3 Å². The molecule has 8 heteroatoms. The number of rotatable bonds is 5. The van der Waals surface area contributed by atoms with E-state index in [0.717, 1.165) is 33.3 Å². The van der Waals surface area contributed by atoms with Crippen LogP contribution in [0.5, 0.6) is 0 Å². The molecule has 0 saturated heterocycles. The number of aryl methyl sites for hydroxylation is 2. The zero-order valence-electron chi connectivity index (χ0n) is 15.0. The summed E-state index contributed by atoms with van der Waals surface area (Å²) in [7, 11) is 0. The number of aromatic nitrogens is 5. The van der Waals surface area contributed by atoms with E-state index in [1.165, 1.54) is 11.3 Å². The second kappa shape index (κ2) is 7.24. The van der Waals surface area contributed by atoms with E-state index in [1.54, 1.807) is 16.9 Å². The second-order valence-electron chi connectivity index (χ2n) is 6.14. The van der Waals surface area contributed by atoms with Crippen molar-refractivity contribution >= 4 is 22.9 Å². The number of hydrogen-bond acceptors (Lipinski definition) is 6. The minimum absolute atomic E-state index is 0.0834. The number of fused-ring (bicyclic) bond motifs is 1. The van der Waals surface area contributed by atoms with E-state index < -0.39 is 0 Å². The number of pyridine rings is 1. The van der Waals surface area contributed by atoms with Crippen LogP contribution in [0.4, 0.5) is 0 Å². The molecule has 136 valence electrons. The number of thiazole rings is 1. The van der Waals surface area contributed by atoms with Gasteiger partial charge < -0.3 is 5.32 Å². The minimum Gasteiger partial charge on any atom is -0.351 e. The lowest BCUT2D eigenvalue weighted by atomic mass is 10.2. The van der Waals surface area contributed by atoms with Crippen LogP contribution in [0.25, 0.3) is 16.9 Å². The summed E-state index contributed by atoms with van der Waals surface area (Å²) < 4.78 is 1.75. The Bertz CT molecular complexity index is 1100. The van der Waals surface area contributed by atoms with Crippen molar-refractivity contribution in [3.8, 4) is 11.3 Å². The normalized spacial score (nSPS) is 11.0. The third-order valence-electron chi connectivity index (χ3n) is 4.13. The van der Waals surface area contributed by atoms with Crippen molar-refractivity contribution in [3.63, 3.8) is 0 Å². The molecule has 0 bridgehead atoms. The van der Waals surface area contributed by atoms with Crippen LogP contribution in [0.15, 0.2) is 42.9 Å². The fraction of sp³-hybridized carbons (Fsp3) is 0.211. The predicted molar refractivity (Wildman–Crippen MR) is 104 cm³/mol. The van der Waals surface area contributed by atoms with Gasteiger partial charge in [0.2, 0.25) is 0 Å². The molecule has 1 N–H and O–H groups in total. The topological polar surface area (TPSA) is 85.1 Å². The molecule has 0 unspecified atom stereocenters. The predicted octanol–water partition coefficient (Wildman–Crippen LogP) is 2.84. The molecule has 4 heterocycles. The van der Waals surface area contributed by atoms with Crippen LogP contribution in [0, 0.1) is 13.8 Å². The van der Waals surface area contributed by atoms with Crippen molar-refractivity contribution in [1.82, 2.24) is 29.9 Å². The molecule has 0 aliphatic heterocycles. The number of amides is 1. The number of nitrogens with zero attached hydrogens (tertiary/aromatic N) is 5. The molecular weight excluding hydrogens is 360 g/mol. The van der Waals surface area contributed by atoms with Gasteiger partial charge >= 0.3 is 0 Å². The first kappa shape index (κ1) is 17.3. The maximum absolute atomic E-state index is 12.3. The van der Waals surface area contributed by atoms with Crippen LogP contribution in [0.2, 0.25) is 0 Å². The zero-order valence-corrected chi connectivity index (χ0v) is 15.8. The van der Waals surface area contributed by atoms with Gasteiger partial charge in [-0.2, -0.15) is 5.10 Å². The van der Waals surface area contributed by atoms with Crippen molar-refractivity contribution < 1.29 is 4.79 Å². The molecule has 0 spiro atoms. The van der Waals surface area contributed by atoms with Gasteiger partial charge in [0, 0.05) is 43.2 Å². The molecule has 4 rings (SSSR count). The first-order valence-corrected chi connectivity index (χ1v) is 9.40. The Morgan fingerprint density at radius 2 is 2.00 bits per heavy atom. The van der Waals surface area contributed by atoms with E-state index in [4.69, 9.17) is 0 Å². The maximum atomic E-state index is 12.3. The van der Waals surface area contributed by atoms with Gasteiger partial charge in [0.05, 0.1) is 22.1 Å². The van der Waals surface area contributed by atoms with E-state index in [2.05, 4.69) is 25.4 Å². The third-order valence-corrected chi connectivity index (χ3v) is 5.20. The highest BCUT2D eigenvalue weighted by atomic mass is 32.1. The van der Waals surface area contributed by atoms with Crippen molar-refractivity contribution in [2.75, 3.05) is 6.54 Å². The molecule has 0 saturated carbocycles. The molecule has 0 radical (unpaired) electrons. The molecule has 0 aromatic carbocycles. The van der Waals surface area contributed by atoms with Crippen molar-refractivity contribution in [1.29, 1.82) is 0 Å². The summed E-state index contributed by atoms with van der Waals surface area (Å²) in [5, 5.41) is 8.35. The Labute approximate surface area is 160 Å². The molecule has 27 heavy (non-hydrogen) atoms. The van der Waals surface area contributed by atoms with Crippen LogP contribution in [0.3, 0.4) is 0 Å². The van der Waals surface area contributed by atoms with Gasteiger partial charge in [0.15, 0.2) is 5.65 Å². The van der Waals surface area contributed by atoms with E-state index in [9.17, 15) is 4.79 Å². The Morgan fingerprint density at radius 1 is 1.19 bits per heavy atom. The van der Waals surface area contributed by atoms with Crippen LogP contribution in [0.1, 0.15) is 26.1 Å². The zero-order chi connectivity index (χ0) is 18.8. The van der Waals surface area contributed by atoms with Gasteiger partial charge in [-0.1, -0.05) is 0 Å². The summed E-state index contributed by atoms with van der Waals surface area (Å²) in [5.41, 5.74) is 4.32. The van der Waals surface area contributed by atoms with Gasteiger partial charge in [0.1, 0.15) is 4.88 Å². The molecule has 0 aliphatic carbocycles. The average Bonchev–Trinajstić information content (AvgIpc) is 3.23. The Balaban J connectivity index is 1.43. The fourth-order valence-electron chi connectivity index (χ4n) is 2.86. The van der Waals surface area contributed by atoms with Crippen LogP contribution in [-0.4, -0.2) is 37.0 Å². The largest absolute Gasteiger partial charge is 0.351 e. The molecular formula is C19H18N6OS. The summed E-state index contributed by atoms with van der Waals surface area (Å²) in [4.78, 5) is 25.9. The highest BCUT2D eigenvalue weighted by molar-refractivity contribution is 7.13. The number of nitrogens with one attached hydrogen (secondary N) is 1. The summed E-state index contributed by atoms with van der Waals surface area (Å²) in [5.74, 6) is -0.0834. The number of carbonyl (C=O) groups is 1. The summed E-state index contributed by atoms with van der Waals surface area (Å²) in [6, 6.07) is 7.72. The SMILES string of the molecule is Cc1nc(C)c(C(=O)NCCc2cc3nc(-c4ccncc4)ccn3n2)s1. The highest BCUT2D eigenvalue weighted by Gasteiger charge is 2.13. The average molecular weight is 378 g/mol. The second-order valence-corrected chi connectivity index (χ2v) is 7.34. The molecule has 4 aromatic heterocycles. The lowest BCUT2D eigenvalue weighted by Gasteiger charge is -2.02. The molecule has 7 nitrogen and oxygen atoms in total. The highest BCUT2D eigenvalue weighted by Crippen LogP contribution is 2.18. The Morgan fingerprint density at radius 3 is 2.74 bits per heavy atom. The summed E-state index contributed by atoms with van der Waals surface area (Å²) in [6.45, 7) is 4.27. The lowest BCUT2D eigenvalue weighted by Crippen LogP contribution is -2.25. The Hall–Kier alpha value is -3.13. The van der Waals surface area contributed by atoms with Crippen molar-refractivity contribution in [3.05, 3.63) is 64.1 Å². The van der Waals surface area contributed by atoms with Gasteiger partial charge in [-0.05, 0) is 32.0 Å². The van der Waals surface area contributed by atoms with Crippen molar-refractivity contribution in [2.24, 2.45) is 0 Å². The van der Waals surface area contributed by atoms with Crippen molar-refractivity contribution in [2.45, 2.75) is 20.3 Å². The molecule has 0 atom stereocenters. The first-order valence-electron chi connectivity index (χ1n) is 8.58. The quantitative estimate of drug-likeness (QED) is 0.577. The van der Waals surface area contributed by atoms with E-state index in [-0.39, 0.29) is 5.91 Å². The van der Waals surface area contributed by atoms with Crippen LogP contribution >= 0.6 is 11.3 Å². The van der Waals surface area contributed by atoms with E-state index in [0.29, 0.717) is 17.8 Å². The monoisotopic (exact) mass is 378 g/mol. The van der Waals surface area contributed by atoms with Gasteiger partial charge in [-0.3, -0.25) is 9.78 Å². The van der Waals surface area contributed by atoms with Crippen LogP contribution in [-0.2, 0) is 6.42 Å². The summed E-state index contributed by atoms with van der Waals surface area (Å²) >= 11 is 1.41. The molecule has 0 aliphatic rings. The maximum Gasteiger partial charge on any atom is 0.263 e. The van der Waals surface area contributed by atoms with Gasteiger partial charge in [-0.25, -0.2) is 14.5 Å². The third kappa shape index (κ3) is 3.70. The standard InChI is InChI=1S/C19H18N6OS/c1-12-18(27-13(2)22-12)19(26)21-9-5-15-11-17-23-16(6-10-25(17)24-15)14-3-7-20-8-4-14/h3-4,6-8,10-11H,5,9H2,1-2H3,(H,21,26). The lowest BCUT2D eigenvalue weighted by molar-refractivity contribution is 0.0957. The van der Waals surface area contributed by atoms with Crippen LogP contribution < -0.4 is 5.32 Å². The number of carbonyl (C=O) groups excluding carboxylic acids is 1.